The third kappa shape index (κ3) is 3.45. The van der Waals surface area contributed by atoms with Crippen LogP contribution in [0.3, 0.4) is 0 Å². The van der Waals surface area contributed by atoms with Gasteiger partial charge in [-0.05, 0) is 57.4 Å². The molecule has 0 radical (unpaired) electrons. The summed E-state index contributed by atoms with van der Waals surface area (Å²) in [5.41, 5.74) is 4.12. The molecule has 0 aliphatic carbocycles. The third-order valence-corrected chi connectivity index (χ3v) is 4.58. The van der Waals surface area contributed by atoms with Crippen LogP contribution in [0.25, 0.3) is 11.0 Å². The molecule has 0 spiro atoms. The number of rotatable bonds is 5. The number of hydrogen-bond donors (Lipinski definition) is 1. The van der Waals surface area contributed by atoms with Gasteiger partial charge in [-0.15, -0.1) is 0 Å². The van der Waals surface area contributed by atoms with Crippen LogP contribution >= 0.6 is 0 Å². The average Bonchev–Trinajstić information content (AvgIpc) is 3.01. The van der Waals surface area contributed by atoms with Gasteiger partial charge in [0.25, 0.3) is 0 Å². The van der Waals surface area contributed by atoms with Gasteiger partial charge in [-0.2, -0.15) is 5.10 Å². The van der Waals surface area contributed by atoms with Crippen LogP contribution in [-0.4, -0.2) is 20.7 Å². The van der Waals surface area contributed by atoms with Crippen molar-refractivity contribution in [1.82, 2.24) is 14.8 Å². The number of aromatic nitrogens is 3. The lowest BCUT2D eigenvalue weighted by molar-refractivity contribution is -0.116. The predicted octanol–water partition coefficient (Wildman–Crippen LogP) is 4.34. The number of hydrogen-bond acceptors (Lipinski definition) is 3. The van der Waals surface area contributed by atoms with E-state index in [0.29, 0.717) is 6.42 Å². The first kappa shape index (κ1) is 18.0. The highest BCUT2D eigenvalue weighted by atomic mass is 19.1. The molecule has 0 aliphatic rings. The molecule has 0 unspecified atom stereocenters. The van der Waals surface area contributed by atoms with Gasteiger partial charge in [0, 0.05) is 23.5 Å². The molecule has 0 bridgehead atoms. The van der Waals surface area contributed by atoms with Gasteiger partial charge < -0.3 is 5.32 Å². The maximum atomic E-state index is 13.6. The van der Waals surface area contributed by atoms with Crippen LogP contribution in [0, 0.1) is 19.7 Å². The molecule has 0 saturated carbocycles. The number of aryl methyl sites for hydroxylation is 2. The molecule has 3 rings (SSSR count). The minimum atomic E-state index is -0.433. The molecule has 2 aromatic heterocycles. The van der Waals surface area contributed by atoms with Crippen LogP contribution < -0.4 is 5.32 Å². The van der Waals surface area contributed by atoms with Crippen molar-refractivity contribution in [1.29, 1.82) is 0 Å². The Morgan fingerprint density at radius 2 is 2.00 bits per heavy atom. The van der Waals surface area contributed by atoms with E-state index in [1.165, 1.54) is 6.07 Å². The van der Waals surface area contributed by atoms with Crippen molar-refractivity contribution < 1.29 is 9.18 Å². The second kappa shape index (κ2) is 7.23. The maximum Gasteiger partial charge on any atom is 0.224 e. The molecule has 2 heterocycles. The number of amides is 1. The first-order valence-corrected chi connectivity index (χ1v) is 8.76. The molecule has 0 fully saturated rings. The summed E-state index contributed by atoms with van der Waals surface area (Å²) in [6, 6.07) is 6.40. The van der Waals surface area contributed by atoms with Crippen molar-refractivity contribution in [2.75, 3.05) is 5.32 Å². The Bertz CT molecular complexity index is 962. The number of nitrogens with one attached hydrogen (secondary N) is 1. The van der Waals surface area contributed by atoms with Crippen molar-refractivity contribution in [2.45, 2.75) is 46.6 Å². The van der Waals surface area contributed by atoms with Gasteiger partial charge in [-0.1, -0.05) is 12.1 Å². The molecule has 0 saturated heterocycles. The molecule has 1 N–H and O–H groups in total. The number of carbonyl (C=O) groups is 1. The highest BCUT2D eigenvalue weighted by Crippen LogP contribution is 2.25. The van der Waals surface area contributed by atoms with E-state index in [9.17, 15) is 9.18 Å². The number of pyridine rings is 1. The Balaban J connectivity index is 1.79. The van der Waals surface area contributed by atoms with E-state index in [1.54, 1.807) is 18.2 Å². The van der Waals surface area contributed by atoms with Gasteiger partial charge in [0.15, 0.2) is 5.65 Å². The van der Waals surface area contributed by atoms with E-state index in [0.717, 1.165) is 27.9 Å². The summed E-state index contributed by atoms with van der Waals surface area (Å²) in [6.45, 7) is 8.13. The Hall–Kier alpha value is -2.76. The monoisotopic (exact) mass is 354 g/mol. The molecule has 3 aromatic rings. The molecule has 1 aromatic carbocycles. The summed E-state index contributed by atoms with van der Waals surface area (Å²) in [7, 11) is 0. The van der Waals surface area contributed by atoms with E-state index < -0.39 is 5.82 Å². The highest BCUT2D eigenvalue weighted by molar-refractivity contribution is 5.91. The molecular weight excluding hydrogens is 331 g/mol. The fraction of sp³-hybridized carbons (Fsp3) is 0.350. The molecular formula is C20H23FN4O. The number of fused-ring (bicyclic) bond motifs is 1. The van der Waals surface area contributed by atoms with Gasteiger partial charge >= 0.3 is 0 Å². The molecule has 0 atom stereocenters. The number of halogens is 1. The number of para-hydroxylation sites is 1. The fourth-order valence-electron chi connectivity index (χ4n) is 3.15. The zero-order valence-electron chi connectivity index (χ0n) is 15.5. The van der Waals surface area contributed by atoms with Crippen molar-refractivity contribution in [3.8, 4) is 0 Å². The first-order valence-electron chi connectivity index (χ1n) is 8.76. The highest BCUT2D eigenvalue weighted by Gasteiger charge is 2.16. The van der Waals surface area contributed by atoms with Crippen molar-refractivity contribution >= 4 is 22.6 Å². The number of benzene rings is 1. The Morgan fingerprint density at radius 3 is 2.69 bits per heavy atom. The fourth-order valence-corrected chi connectivity index (χ4v) is 3.15. The molecule has 6 heteroatoms. The molecule has 26 heavy (non-hydrogen) atoms. The summed E-state index contributed by atoms with van der Waals surface area (Å²) < 4.78 is 15.6. The van der Waals surface area contributed by atoms with E-state index >= 15 is 0 Å². The maximum absolute atomic E-state index is 13.6. The molecule has 1 amide bonds. The van der Waals surface area contributed by atoms with Crippen LogP contribution in [-0.2, 0) is 11.2 Å². The largest absolute Gasteiger partial charge is 0.324 e. The van der Waals surface area contributed by atoms with Crippen LogP contribution in [0.5, 0.6) is 0 Å². The third-order valence-electron chi connectivity index (χ3n) is 4.58. The van der Waals surface area contributed by atoms with E-state index in [-0.39, 0.29) is 24.1 Å². The van der Waals surface area contributed by atoms with Crippen LogP contribution in [0.1, 0.15) is 43.1 Å². The topological polar surface area (TPSA) is 59.8 Å². The van der Waals surface area contributed by atoms with E-state index in [1.807, 2.05) is 24.7 Å². The number of nitrogens with zero attached hydrogens (tertiary/aromatic N) is 3. The van der Waals surface area contributed by atoms with E-state index in [4.69, 9.17) is 4.98 Å². The average molecular weight is 354 g/mol. The zero-order valence-corrected chi connectivity index (χ0v) is 15.5. The molecule has 0 aliphatic heterocycles. The predicted molar refractivity (Wildman–Crippen MR) is 101 cm³/mol. The zero-order chi connectivity index (χ0) is 18.8. The Morgan fingerprint density at radius 1 is 1.27 bits per heavy atom. The Kier molecular flexibility index (Phi) is 5.02. The van der Waals surface area contributed by atoms with Gasteiger partial charge in [-0.25, -0.2) is 14.1 Å². The lowest BCUT2D eigenvalue weighted by atomic mass is 10.0. The second-order valence-corrected chi connectivity index (χ2v) is 6.75. The summed E-state index contributed by atoms with van der Waals surface area (Å²) in [5, 5.41) is 8.06. The van der Waals surface area contributed by atoms with Gasteiger partial charge in [0.05, 0.1) is 11.9 Å². The van der Waals surface area contributed by atoms with Gasteiger partial charge in [0.1, 0.15) is 5.82 Å². The normalized spacial score (nSPS) is 11.3. The summed E-state index contributed by atoms with van der Waals surface area (Å²) in [5.74, 6) is -0.649. The lowest BCUT2D eigenvalue weighted by Crippen LogP contribution is -2.14. The summed E-state index contributed by atoms with van der Waals surface area (Å²) in [4.78, 5) is 16.9. The number of carbonyl (C=O) groups excluding carboxylic acids is 1. The Labute approximate surface area is 152 Å². The first-order chi connectivity index (χ1) is 12.4. The van der Waals surface area contributed by atoms with E-state index in [2.05, 4.69) is 24.3 Å². The van der Waals surface area contributed by atoms with Gasteiger partial charge in [0.2, 0.25) is 5.91 Å². The lowest BCUT2D eigenvalue weighted by Gasteiger charge is -2.13. The summed E-state index contributed by atoms with van der Waals surface area (Å²) >= 11 is 0. The smallest absolute Gasteiger partial charge is 0.224 e. The SMILES string of the molecule is Cc1nc2c(cnn2C(C)C)c(C)c1CCC(=O)Nc1ccccc1F. The van der Waals surface area contributed by atoms with Crippen molar-refractivity contribution in [3.05, 3.63) is 53.1 Å². The molecule has 136 valence electrons. The van der Waals surface area contributed by atoms with Crippen LogP contribution in [0.2, 0.25) is 0 Å². The van der Waals surface area contributed by atoms with Crippen LogP contribution in [0.15, 0.2) is 30.5 Å². The second-order valence-electron chi connectivity index (χ2n) is 6.75. The summed E-state index contributed by atoms with van der Waals surface area (Å²) in [6.07, 6.45) is 2.65. The minimum absolute atomic E-state index is 0.206. The molecule has 5 nitrogen and oxygen atoms in total. The number of anilines is 1. The minimum Gasteiger partial charge on any atom is -0.324 e. The van der Waals surface area contributed by atoms with Crippen molar-refractivity contribution in [2.24, 2.45) is 0 Å². The quantitative estimate of drug-likeness (QED) is 0.741. The van der Waals surface area contributed by atoms with Gasteiger partial charge in [-0.3, -0.25) is 4.79 Å². The standard InChI is InChI=1S/C20H23FN4O/c1-12(2)25-20-16(11-22-25)13(3)15(14(4)23-20)9-10-19(26)24-18-8-6-5-7-17(18)21/h5-8,11-12H,9-10H2,1-4H3,(H,24,26). The van der Waals surface area contributed by atoms with Crippen LogP contribution in [0.4, 0.5) is 10.1 Å². The van der Waals surface area contributed by atoms with Crippen molar-refractivity contribution in [3.63, 3.8) is 0 Å².